The van der Waals surface area contributed by atoms with Gasteiger partial charge in [0.05, 0.1) is 5.56 Å². The third-order valence-corrected chi connectivity index (χ3v) is 1.45. The van der Waals surface area contributed by atoms with Gasteiger partial charge in [-0.05, 0) is 11.4 Å². The van der Waals surface area contributed by atoms with Gasteiger partial charge >= 0.3 is 46.6 Å². The van der Waals surface area contributed by atoms with Crippen molar-refractivity contribution in [3.63, 3.8) is 0 Å². The van der Waals surface area contributed by atoms with Crippen molar-refractivity contribution in [2.24, 2.45) is 0 Å². The zero-order valence-electron chi connectivity index (χ0n) is 12.3. The van der Waals surface area contributed by atoms with Gasteiger partial charge in [0.15, 0.2) is 0 Å². The fourth-order valence-corrected chi connectivity index (χ4v) is 1.02. The van der Waals surface area contributed by atoms with Crippen molar-refractivity contribution in [3.8, 4) is 0 Å². The molecule has 24 heavy (non-hydrogen) atoms. The van der Waals surface area contributed by atoms with Crippen LogP contribution in [-0.2, 0) is 0 Å². The second kappa shape index (κ2) is 13.4. The van der Waals surface area contributed by atoms with E-state index < -0.39 is 27.7 Å². The first-order valence-corrected chi connectivity index (χ1v) is 5.62. The van der Waals surface area contributed by atoms with Crippen molar-refractivity contribution in [1.29, 1.82) is 0 Å². The monoisotopic (exact) mass is 397 g/mol. The summed E-state index contributed by atoms with van der Waals surface area (Å²) in [7, 11) is -18.0. The van der Waals surface area contributed by atoms with E-state index in [1.807, 2.05) is 0 Å². The van der Waals surface area contributed by atoms with Crippen molar-refractivity contribution in [2.45, 2.75) is 0 Å². The molecule has 0 saturated heterocycles. The zero-order chi connectivity index (χ0) is 19.5. The Morgan fingerprint density at radius 1 is 0.833 bits per heavy atom. The van der Waals surface area contributed by atoms with Gasteiger partial charge in [0, 0.05) is 5.38 Å². The maximum Gasteiger partial charge on any atom is 1.00 e. The van der Waals surface area contributed by atoms with Crippen molar-refractivity contribution >= 4 is 39.1 Å². The van der Waals surface area contributed by atoms with Gasteiger partial charge in [-0.25, -0.2) is 4.79 Å². The Labute approximate surface area is 144 Å². The minimum Gasteiger partial charge on any atom is -1.00 e. The van der Waals surface area contributed by atoms with Gasteiger partial charge in [0.1, 0.15) is 0 Å². The molecule has 0 spiro atoms. The van der Waals surface area contributed by atoms with Crippen LogP contribution in [0.2, 0.25) is 0 Å². The average molecular weight is 397 g/mol. The van der Waals surface area contributed by atoms with Crippen LogP contribution in [0.25, 0.3) is 0 Å². The normalized spacial score (nSPS) is 10.5. The number of hydrogen-bond acceptors (Lipinski definition) is 2. The summed E-state index contributed by atoms with van der Waals surface area (Å²) in [6.07, 6.45) is 0. The molecular weight excluding hydrogens is 391 g/mol. The van der Waals surface area contributed by atoms with Crippen LogP contribution in [-0.4, -0.2) is 32.8 Å². The molecule has 0 radical (unpaired) electrons. The molecule has 1 rings (SSSR count). The number of halogens is 12. The molecule has 0 saturated carbocycles. The van der Waals surface area contributed by atoms with E-state index >= 15 is 0 Å². The smallest absolute Gasteiger partial charge is 1.00 e. The van der Waals surface area contributed by atoms with E-state index in [4.69, 9.17) is 5.11 Å². The molecular formula is C5H5B3F12LiO2S-3. The molecule has 140 valence electrons. The Balaban J connectivity index is -0.0000000714. The molecule has 1 aromatic rings. The van der Waals surface area contributed by atoms with Crippen LogP contribution in [0.3, 0.4) is 0 Å². The second-order valence-corrected chi connectivity index (χ2v) is 3.58. The molecule has 0 aliphatic heterocycles. The number of carboxylic acid groups (broad SMARTS) is 1. The fraction of sp³-hybridized carbons (Fsp3) is 0. The van der Waals surface area contributed by atoms with Crippen LogP contribution in [0.1, 0.15) is 11.8 Å². The van der Waals surface area contributed by atoms with Crippen molar-refractivity contribution < 1.29 is 82.0 Å². The molecule has 0 amide bonds. The average Bonchev–Trinajstić information content (AvgIpc) is 2.59. The third kappa shape index (κ3) is 83.5. The number of thiophene rings is 1. The Bertz CT molecular complexity index is 377. The number of carbonyl (C=O) groups is 1. The number of carboxylic acids is 1. The molecule has 0 unspecified atom stereocenters. The first-order valence-electron chi connectivity index (χ1n) is 4.68. The van der Waals surface area contributed by atoms with Gasteiger partial charge in [-0.3, -0.25) is 0 Å². The van der Waals surface area contributed by atoms with Crippen LogP contribution in [0.4, 0.5) is 51.8 Å². The van der Waals surface area contributed by atoms with E-state index in [0.29, 0.717) is 5.56 Å². The summed E-state index contributed by atoms with van der Waals surface area (Å²) in [5.74, 6) is -0.855. The molecule has 0 bridgehead atoms. The zero-order valence-corrected chi connectivity index (χ0v) is 12.1. The number of hydrogen-bond donors (Lipinski definition) is 1. The maximum absolute atomic E-state index is 10.1. The van der Waals surface area contributed by atoms with E-state index in [9.17, 15) is 56.6 Å². The Morgan fingerprint density at radius 2 is 1.08 bits per heavy atom. The largest absolute Gasteiger partial charge is 1.00 e. The number of aromatic carboxylic acids is 1. The summed E-state index contributed by atoms with van der Waals surface area (Å²) in [5.41, 5.74) is 0.370. The van der Waals surface area contributed by atoms with Crippen LogP contribution >= 0.6 is 11.3 Å². The summed E-state index contributed by atoms with van der Waals surface area (Å²) < 4.78 is 117. The summed E-state index contributed by atoms with van der Waals surface area (Å²) in [6, 6.07) is 1.58. The van der Waals surface area contributed by atoms with Crippen LogP contribution in [0, 0.1) is 0 Å². The first-order chi connectivity index (χ1) is 9.80. The van der Waals surface area contributed by atoms with Gasteiger partial charge in [-0.15, -0.1) is 0 Å². The predicted octanol–water partition coefficient (Wildman–Crippen LogP) is 2.46. The minimum atomic E-state index is -6.00. The van der Waals surface area contributed by atoms with Crippen LogP contribution in [0.5, 0.6) is 0 Å². The standard InChI is InChI=1S/C5H4O2S.3BF4.Li.H/c6-5(7)4-1-2-8-3-4;3*2-1(3,4)5;;/h1-3H,(H,6,7);;;;;/q;3*-1;+1;-1. The molecule has 0 fully saturated rings. The number of rotatable bonds is 1. The molecule has 1 aromatic heterocycles. The third-order valence-electron chi connectivity index (χ3n) is 0.768. The molecule has 0 aliphatic rings. The molecule has 1 heterocycles. The summed E-state index contributed by atoms with van der Waals surface area (Å²) >= 11 is 1.39. The van der Waals surface area contributed by atoms with E-state index in [1.54, 1.807) is 16.8 Å². The first kappa shape index (κ1) is 30.9. The maximum atomic E-state index is 10.1. The van der Waals surface area contributed by atoms with Crippen molar-refractivity contribution in [1.82, 2.24) is 0 Å². The summed E-state index contributed by atoms with van der Waals surface area (Å²) in [6.45, 7) is 0. The SMILES string of the molecule is F[B-](F)(F)F.F[B-](F)(F)F.F[B-](F)(F)F.O=C(O)c1ccsc1.[H-].[Li+]. The fourth-order valence-electron chi connectivity index (χ4n) is 0.386. The van der Waals surface area contributed by atoms with Crippen molar-refractivity contribution in [2.75, 3.05) is 0 Å². The topological polar surface area (TPSA) is 37.3 Å². The summed E-state index contributed by atoms with van der Waals surface area (Å²) in [4.78, 5) is 10.1. The van der Waals surface area contributed by atoms with Crippen LogP contribution in [0.15, 0.2) is 16.8 Å². The molecule has 2 nitrogen and oxygen atoms in total. The van der Waals surface area contributed by atoms with E-state index in [1.165, 1.54) is 11.3 Å². The predicted molar refractivity (Wildman–Crippen MR) is 62.9 cm³/mol. The summed E-state index contributed by atoms with van der Waals surface area (Å²) in [5, 5.41) is 11.6. The minimum absolute atomic E-state index is 0. The Kier molecular flexibility index (Phi) is 17.3. The van der Waals surface area contributed by atoms with E-state index in [-0.39, 0.29) is 20.3 Å². The Morgan fingerprint density at radius 3 is 1.17 bits per heavy atom. The van der Waals surface area contributed by atoms with E-state index in [0.717, 1.165) is 0 Å². The second-order valence-electron chi connectivity index (χ2n) is 2.80. The molecule has 0 atom stereocenters. The molecule has 19 heteroatoms. The molecule has 0 aliphatic carbocycles. The van der Waals surface area contributed by atoms with Gasteiger partial charge in [-0.2, -0.15) is 11.3 Å². The quantitative estimate of drug-likeness (QED) is 0.585. The van der Waals surface area contributed by atoms with Gasteiger partial charge < -0.3 is 58.3 Å². The van der Waals surface area contributed by atoms with Crippen molar-refractivity contribution in [3.05, 3.63) is 22.4 Å². The molecule has 0 aromatic carbocycles. The van der Waals surface area contributed by atoms with Crippen LogP contribution < -0.4 is 18.9 Å². The van der Waals surface area contributed by atoms with Gasteiger partial charge in [0.25, 0.3) is 0 Å². The Hall–Kier alpha value is -0.878. The van der Waals surface area contributed by atoms with Gasteiger partial charge in [-0.1, -0.05) is 0 Å². The molecule has 1 N–H and O–H groups in total. The van der Waals surface area contributed by atoms with E-state index in [2.05, 4.69) is 0 Å². The van der Waals surface area contributed by atoms with Gasteiger partial charge in [0.2, 0.25) is 0 Å².